The Balaban J connectivity index is 1.86. The summed E-state index contributed by atoms with van der Waals surface area (Å²) >= 11 is 5.31. The van der Waals surface area contributed by atoms with Gasteiger partial charge < -0.3 is 9.64 Å². The molecule has 6 heteroatoms. The first-order valence-corrected chi connectivity index (χ1v) is 6.64. The molecule has 3 rings (SSSR count). The van der Waals surface area contributed by atoms with Crippen molar-refractivity contribution in [3.63, 3.8) is 0 Å². The summed E-state index contributed by atoms with van der Waals surface area (Å²) in [6.07, 6.45) is 4.97. The number of ether oxygens (including phenoxy) is 1. The monoisotopic (exact) mass is 254 g/mol. The molecule has 1 heterocycles. The summed E-state index contributed by atoms with van der Waals surface area (Å²) in [6, 6.07) is 1.20. The lowest BCUT2D eigenvalue weighted by Gasteiger charge is -2.23. The maximum absolute atomic E-state index is 5.31. The Morgan fingerprint density at radius 1 is 1.47 bits per heavy atom. The molecule has 0 radical (unpaired) electrons. The van der Waals surface area contributed by atoms with E-state index in [1.165, 1.54) is 25.7 Å². The third kappa shape index (κ3) is 2.24. The summed E-state index contributed by atoms with van der Waals surface area (Å²) < 4.78 is 8.12. The summed E-state index contributed by atoms with van der Waals surface area (Å²) in [7, 11) is 1.74. The van der Waals surface area contributed by atoms with E-state index in [-0.39, 0.29) is 0 Å². The van der Waals surface area contributed by atoms with Crippen molar-refractivity contribution >= 4 is 18.2 Å². The number of nitrogens with one attached hydrogen (secondary N) is 1. The van der Waals surface area contributed by atoms with Crippen LogP contribution in [0, 0.1) is 4.77 Å². The molecular weight excluding hydrogens is 236 g/mol. The molecule has 17 heavy (non-hydrogen) atoms. The van der Waals surface area contributed by atoms with E-state index in [1.54, 1.807) is 7.11 Å². The fourth-order valence-corrected chi connectivity index (χ4v) is 2.46. The molecule has 0 atom stereocenters. The molecule has 0 spiro atoms. The molecule has 0 unspecified atom stereocenters. The van der Waals surface area contributed by atoms with Gasteiger partial charge in [-0.2, -0.15) is 0 Å². The van der Waals surface area contributed by atoms with Crippen molar-refractivity contribution in [1.82, 2.24) is 14.8 Å². The molecule has 0 saturated heterocycles. The smallest absolute Gasteiger partial charge is 0.226 e. The van der Waals surface area contributed by atoms with Gasteiger partial charge in [-0.25, -0.2) is 5.10 Å². The van der Waals surface area contributed by atoms with Gasteiger partial charge in [0.25, 0.3) is 0 Å². The van der Waals surface area contributed by atoms with E-state index >= 15 is 0 Å². The number of hydrogen-bond acceptors (Lipinski definition) is 4. The average Bonchev–Trinajstić information content (AvgIpc) is 3.21. The Kier molecular flexibility index (Phi) is 2.92. The predicted octanol–water partition coefficient (Wildman–Crippen LogP) is 1.89. The van der Waals surface area contributed by atoms with Crippen LogP contribution >= 0.6 is 12.2 Å². The zero-order chi connectivity index (χ0) is 11.8. The number of nitrogens with zero attached hydrogens (tertiary/aromatic N) is 3. The largest absolute Gasteiger partial charge is 0.383 e. The minimum absolute atomic E-state index is 0.569. The molecule has 0 amide bonds. The van der Waals surface area contributed by atoms with Gasteiger partial charge in [-0.3, -0.25) is 4.57 Å². The fraction of sp³-hybridized carbons (Fsp3) is 0.818. The van der Waals surface area contributed by atoms with Crippen molar-refractivity contribution in [2.45, 2.75) is 37.8 Å². The van der Waals surface area contributed by atoms with Crippen molar-refractivity contribution in [2.24, 2.45) is 0 Å². The van der Waals surface area contributed by atoms with Crippen LogP contribution in [0.2, 0.25) is 0 Å². The highest BCUT2D eigenvalue weighted by Gasteiger charge is 2.35. The van der Waals surface area contributed by atoms with Gasteiger partial charge in [0.2, 0.25) is 5.95 Å². The molecule has 2 saturated carbocycles. The highest BCUT2D eigenvalue weighted by Crippen LogP contribution is 2.39. The second-order valence-electron chi connectivity index (χ2n) is 4.85. The highest BCUT2D eigenvalue weighted by molar-refractivity contribution is 7.71. The van der Waals surface area contributed by atoms with Crippen molar-refractivity contribution in [2.75, 3.05) is 25.2 Å². The maximum Gasteiger partial charge on any atom is 0.226 e. The second-order valence-corrected chi connectivity index (χ2v) is 5.23. The van der Waals surface area contributed by atoms with Gasteiger partial charge in [-0.15, -0.1) is 5.10 Å². The molecule has 1 aromatic heterocycles. The van der Waals surface area contributed by atoms with Gasteiger partial charge in [0.15, 0.2) is 4.77 Å². The van der Waals surface area contributed by atoms with Crippen molar-refractivity contribution in [3.05, 3.63) is 4.77 Å². The zero-order valence-electron chi connectivity index (χ0n) is 10.1. The van der Waals surface area contributed by atoms with Crippen LogP contribution in [-0.2, 0) is 4.74 Å². The molecular formula is C11H18N4OS. The highest BCUT2D eigenvalue weighted by atomic mass is 32.1. The molecule has 1 aromatic rings. The van der Waals surface area contributed by atoms with Crippen LogP contribution in [0.4, 0.5) is 5.95 Å². The number of aromatic nitrogens is 3. The molecule has 2 aliphatic rings. The standard InChI is InChI=1S/C11H18N4OS/c1-16-7-6-14(8-2-3-8)10-12-13-11(17)15(10)9-4-5-9/h8-9H,2-7H2,1H3,(H,13,17). The van der Waals surface area contributed by atoms with Gasteiger partial charge in [0.1, 0.15) is 0 Å². The molecule has 0 aliphatic heterocycles. The normalized spacial score (nSPS) is 19.6. The lowest BCUT2D eigenvalue weighted by molar-refractivity contribution is 0.204. The van der Waals surface area contributed by atoms with Gasteiger partial charge in [0, 0.05) is 25.7 Å². The summed E-state index contributed by atoms with van der Waals surface area (Å²) in [5.41, 5.74) is 0. The summed E-state index contributed by atoms with van der Waals surface area (Å²) in [5, 5.41) is 7.34. The number of H-pyrrole nitrogens is 1. The van der Waals surface area contributed by atoms with E-state index in [4.69, 9.17) is 17.0 Å². The van der Waals surface area contributed by atoms with Gasteiger partial charge in [-0.05, 0) is 37.9 Å². The summed E-state index contributed by atoms with van der Waals surface area (Å²) in [5.74, 6) is 1.01. The van der Waals surface area contributed by atoms with Crippen molar-refractivity contribution in [1.29, 1.82) is 0 Å². The minimum Gasteiger partial charge on any atom is -0.383 e. The average molecular weight is 254 g/mol. The molecule has 2 aliphatic carbocycles. The zero-order valence-corrected chi connectivity index (χ0v) is 10.9. The van der Waals surface area contributed by atoms with Crippen molar-refractivity contribution in [3.8, 4) is 0 Å². The Morgan fingerprint density at radius 3 is 2.82 bits per heavy atom. The molecule has 2 fully saturated rings. The quantitative estimate of drug-likeness (QED) is 0.788. The third-order valence-corrected chi connectivity index (χ3v) is 3.67. The Bertz CT molecular complexity index is 447. The minimum atomic E-state index is 0.569. The van der Waals surface area contributed by atoms with E-state index < -0.39 is 0 Å². The summed E-state index contributed by atoms with van der Waals surface area (Å²) in [4.78, 5) is 2.34. The third-order valence-electron chi connectivity index (χ3n) is 3.38. The number of hydrogen-bond donors (Lipinski definition) is 1. The topological polar surface area (TPSA) is 46.1 Å². The van der Waals surface area contributed by atoms with Crippen LogP contribution < -0.4 is 4.90 Å². The van der Waals surface area contributed by atoms with Gasteiger partial charge in [0.05, 0.1) is 6.61 Å². The van der Waals surface area contributed by atoms with Crippen LogP contribution in [-0.4, -0.2) is 41.1 Å². The molecule has 1 N–H and O–H groups in total. The van der Waals surface area contributed by atoms with Crippen LogP contribution in [0.25, 0.3) is 0 Å². The van der Waals surface area contributed by atoms with E-state index in [0.29, 0.717) is 12.1 Å². The van der Waals surface area contributed by atoms with Crippen LogP contribution in [0.5, 0.6) is 0 Å². The SMILES string of the molecule is COCCN(c1n[nH]c(=S)n1C1CC1)C1CC1. The first-order valence-electron chi connectivity index (χ1n) is 6.23. The van der Waals surface area contributed by atoms with E-state index in [2.05, 4.69) is 19.7 Å². The lowest BCUT2D eigenvalue weighted by Crippen LogP contribution is -2.32. The van der Waals surface area contributed by atoms with Gasteiger partial charge in [-0.1, -0.05) is 0 Å². The predicted molar refractivity (Wildman–Crippen MR) is 67.9 cm³/mol. The Labute approximate surface area is 106 Å². The second kappa shape index (κ2) is 4.42. The van der Waals surface area contributed by atoms with Crippen LogP contribution in [0.1, 0.15) is 31.7 Å². The first-order chi connectivity index (χ1) is 8.31. The molecule has 0 bridgehead atoms. The van der Waals surface area contributed by atoms with E-state index in [1.807, 2.05) is 0 Å². The number of anilines is 1. The van der Waals surface area contributed by atoms with E-state index in [9.17, 15) is 0 Å². The number of aromatic amines is 1. The Hall–Kier alpha value is -0.880. The molecule has 94 valence electrons. The number of rotatable bonds is 6. The van der Waals surface area contributed by atoms with Crippen LogP contribution in [0.3, 0.4) is 0 Å². The summed E-state index contributed by atoms with van der Waals surface area (Å²) in [6.45, 7) is 1.63. The van der Waals surface area contributed by atoms with E-state index in [0.717, 1.165) is 23.9 Å². The Morgan fingerprint density at radius 2 is 2.24 bits per heavy atom. The maximum atomic E-state index is 5.31. The van der Waals surface area contributed by atoms with Crippen LogP contribution in [0.15, 0.2) is 0 Å². The fourth-order valence-electron chi connectivity index (χ4n) is 2.18. The van der Waals surface area contributed by atoms with Crippen molar-refractivity contribution < 1.29 is 4.74 Å². The lowest BCUT2D eigenvalue weighted by atomic mass is 10.5. The first kappa shape index (κ1) is 11.2. The molecule has 0 aromatic carbocycles. The van der Waals surface area contributed by atoms with Gasteiger partial charge >= 0.3 is 0 Å². The molecule has 5 nitrogen and oxygen atoms in total. The number of methoxy groups -OCH3 is 1.